The maximum atomic E-state index is 13.0. The highest BCUT2D eigenvalue weighted by Gasteiger charge is 2.22. The second-order valence-electron chi connectivity index (χ2n) is 6.67. The summed E-state index contributed by atoms with van der Waals surface area (Å²) in [5, 5.41) is 0. The van der Waals surface area contributed by atoms with Gasteiger partial charge in [-0.15, -0.1) is 0 Å². The average Bonchev–Trinajstić information content (AvgIpc) is 2.88. The minimum atomic E-state index is 0.0150. The van der Waals surface area contributed by atoms with Crippen LogP contribution in [-0.2, 0) is 13.1 Å². The predicted octanol–water partition coefficient (Wildman–Crippen LogP) is 3.27. The zero-order valence-electron chi connectivity index (χ0n) is 15.9. The van der Waals surface area contributed by atoms with Crippen LogP contribution >= 0.6 is 0 Å². The highest BCUT2D eigenvalue weighted by Crippen LogP contribution is 2.26. The summed E-state index contributed by atoms with van der Waals surface area (Å²) in [5.74, 6) is 0.896. The predicted molar refractivity (Wildman–Crippen MR) is 102 cm³/mol. The third-order valence-electron chi connectivity index (χ3n) is 4.96. The van der Waals surface area contributed by atoms with E-state index in [9.17, 15) is 4.79 Å². The molecular formula is C21H27N3O2. The van der Waals surface area contributed by atoms with Crippen molar-refractivity contribution in [3.8, 4) is 5.75 Å². The van der Waals surface area contributed by atoms with E-state index in [2.05, 4.69) is 35.9 Å². The van der Waals surface area contributed by atoms with Gasteiger partial charge in [0.2, 0.25) is 0 Å². The van der Waals surface area contributed by atoms with Crippen LogP contribution in [0.2, 0.25) is 0 Å². The molecular weight excluding hydrogens is 326 g/mol. The Kier molecular flexibility index (Phi) is 5.89. The Balaban J connectivity index is 1.82. The van der Waals surface area contributed by atoms with Crippen molar-refractivity contribution in [2.75, 3.05) is 26.2 Å². The first-order valence-corrected chi connectivity index (χ1v) is 9.29. The number of carbonyl (C=O) groups excluding carboxylic acids is 1. The van der Waals surface area contributed by atoms with Gasteiger partial charge in [-0.2, -0.15) is 0 Å². The topological polar surface area (TPSA) is 45.7 Å². The molecule has 2 aromatic rings. The standard InChI is InChI=1S/C21H27N3O2/c1-4-23(5-2)14-17-6-7-20-18(12-17)15-24(10-11-26-20)21(25)19-13-22-9-8-16(19)3/h6-9,12-13H,4-5,10-11,14-15H2,1-3H3. The van der Waals surface area contributed by atoms with E-state index >= 15 is 0 Å². The Morgan fingerprint density at radius 1 is 1.27 bits per heavy atom. The average molecular weight is 353 g/mol. The fraction of sp³-hybridized carbons (Fsp3) is 0.429. The van der Waals surface area contributed by atoms with Gasteiger partial charge in [0.25, 0.3) is 5.91 Å². The first kappa shape index (κ1) is 18.4. The van der Waals surface area contributed by atoms with Crippen molar-refractivity contribution in [2.45, 2.75) is 33.9 Å². The van der Waals surface area contributed by atoms with Crippen molar-refractivity contribution in [2.24, 2.45) is 0 Å². The summed E-state index contributed by atoms with van der Waals surface area (Å²) in [6.45, 7) is 10.9. The SMILES string of the molecule is CCN(CC)Cc1ccc2c(c1)CN(C(=O)c1cnccc1C)CCO2. The van der Waals surface area contributed by atoms with E-state index in [0.29, 0.717) is 25.3 Å². The minimum absolute atomic E-state index is 0.0150. The molecule has 2 heterocycles. The van der Waals surface area contributed by atoms with Crippen LogP contribution in [0.25, 0.3) is 0 Å². The molecule has 0 N–H and O–H groups in total. The number of aromatic nitrogens is 1. The zero-order valence-corrected chi connectivity index (χ0v) is 15.9. The Hall–Kier alpha value is -2.40. The molecule has 0 unspecified atom stereocenters. The Bertz CT molecular complexity index is 772. The van der Waals surface area contributed by atoms with Crippen molar-refractivity contribution in [1.29, 1.82) is 0 Å². The molecule has 1 aromatic heterocycles. The Labute approximate surface area is 155 Å². The molecule has 1 aliphatic rings. The van der Waals surface area contributed by atoms with E-state index in [1.54, 1.807) is 12.4 Å². The molecule has 0 radical (unpaired) electrons. The second-order valence-corrected chi connectivity index (χ2v) is 6.67. The van der Waals surface area contributed by atoms with Gasteiger partial charge in [0.05, 0.1) is 12.1 Å². The largest absolute Gasteiger partial charge is 0.491 e. The molecule has 5 nitrogen and oxygen atoms in total. The number of carbonyl (C=O) groups is 1. The van der Waals surface area contributed by atoms with Crippen LogP contribution in [0.4, 0.5) is 0 Å². The number of fused-ring (bicyclic) bond motifs is 1. The Morgan fingerprint density at radius 2 is 2.08 bits per heavy atom. The summed E-state index contributed by atoms with van der Waals surface area (Å²) >= 11 is 0. The molecule has 0 saturated heterocycles. The molecule has 138 valence electrons. The number of nitrogens with zero attached hydrogens (tertiary/aromatic N) is 3. The van der Waals surface area contributed by atoms with E-state index in [1.165, 1.54) is 5.56 Å². The summed E-state index contributed by atoms with van der Waals surface area (Å²) < 4.78 is 5.88. The van der Waals surface area contributed by atoms with Gasteiger partial charge in [-0.05, 0) is 49.3 Å². The molecule has 0 saturated carbocycles. The normalized spacial score (nSPS) is 13.9. The van der Waals surface area contributed by atoms with E-state index in [0.717, 1.165) is 36.5 Å². The highest BCUT2D eigenvalue weighted by atomic mass is 16.5. The minimum Gasteiger partial charge on any atom is -0.491 e. The zero-order chi connectivity index (χ0) is 18.5. The van der Waals surface area contributed by atoms with E-state index < -0.39 is 0 Å². The van der Waals surface area contributed by atoms with Crippen LogP contribution in [0.3, 0.4) is 0 Å². The van der Waals surface area contributed by atoms with Crippen molar-refractivity contribution in [3.63, 3.8) is 0 Å². The third-order valence-corrected chi connectivity index (χ3v) is 4.96. The number of amides is 1. The maximum Gasteiger partial charge on any atom is 0.256 e. The first-order chi connectivity index (χ1) is 12.6. The van der Waals surface area contributed by atoms with Crippen LogP contribution in [0, 0.1) is 6.92 Å². The lowest BCUT2D eigenvalue weighted by Gasteiger charge is -2.21. The quantitative estimate of drug-likeness (QED) is 0.828. The summed E-state index contributed by atoms with van der Waals surface area (Å²) in [6.07, 6.45) is 3.37. The van der Waals surface area contributed by atoms with Crippen LogP contribution in [0.1, 0.15) is 40.9 Å². The summed E-state index contributed by atoms with van der Waals surface area (Å²) in [5.41, 5.74) is 3.94. The lowest BCUT2D eigenvalue weighted by atomic mass is 10.1. The van der Waals surface area contributed by atoms with Gasteiger partial charge in [-0.1, -0.05) is 19.9 Å². The van der Waals surface area contributed by atoms with E-state index in [4.69, 9.17) is 4.74 Å². The summed E-state index contributed by atoms with van der Waals surface area (Å²) in [4.78, 5) is 21.3. The summed E-state index contributed by atoms with van der Waals surface area (Å²) in [7, 11) is 0. The van der Waals surface area contributed by atoms with Crippen LogP contribution in [0.5, 0.6) is 5.75 Å². The van der Waals surface area contributed by atoms with Crippen molar-refractivity contribution >= 4 is 5.91 Å². The molecule has 0 fully saturated rings. The van der Waals surface area contributed by atoms with Crippen molar-refractivity contribution < 1.29 is 9.53 Å². The van der Waals surface area contributed by atoms with Crippen molar-refractivity contribution in [1.82, 2.24) is 14.8 Å². The number of rotatable bonds is 5. The monoisotopic (exact) mass is 353 g/mol. The molecule has 0 aliphatic carbocycles. The van der Waals surface area contributed by atoms with Gasteiger partial charge in [0, 0.05) is 31.0 Å². The van der Waals surface area contributed by atoms with Crippen molar-refractivity contribution in [3.05, 3.63) is 58.9 Å². The molecule has 1 aliphatic heterocycles. The molecule has 26 heavy (non-hydrogen) atoms. The molecule has 3 rings (SSSR count). The number of aryl methyl sites for hydroxylation is 1. The smallest absolute Gasteiger partial charge is 0.256 e. The van der Waals surface area contributed by atoms with Crippen LogP contribution in [0.15, 0.2) is 36.7 Å². The second kappa shape index (κ2) is 8.32. The van der Waals surface area contributed by atoms with Gasteiger partial charge >= 0.3 is 0 Å². The fourth-order valence-corrected chi connectivity index (χ4v) is 3.28. The molecule has 0 atom stereocenters. The van der Waals surface area contributed by atoms with Gasteiger partial charge in [0.1, 0.15) is 12.4 Å². The van der Waals surface area contributed by atoms with Crippen LogP contribution < -0.4 is 4.74 Å². The lowest BCUT2D eigenvalue weighted by Crippen LogP contribution is -2.33. The number of ether oxygens (including phenoxy) is 1. The van der Waals surface area contributed by atoms with Gasteiger partial charge < -0.3 is 9.64 Å². The van der Waals surface area contributed by atoms with E-state index in [1.807, 2.05) is 24.0 Å². The lowest BCUT2D eigenvalue weighted by molar-refractivity contribution is 0.0732. The van der Waals surface area contributed by atoms with Crippen LogP contribution in [-0.4, -0.2) is 46.9 Å². The third kappa shape index (κ3) is 4.05. The van der Waals surface area contributed by atoms with Gasteiger partial charge in [-0.25, -0.2) is 0 Å². The number of pyridine rings is 1. The maximum absolute atomic E-state index is 13.0. The fourth-order valence-electron chi connectivity index (χ4n) is 3.28. The number of hydrogen-bond donors (Lipinski definition) is 0. The molecule has 1 aromatic carbocycles. The van der Waals surface area contributed by atoms with E-state index in [-0.39, 0.29) is 5.91 Å². The number of hydrogen-bond acceptors (Lipinski definition) is 4. The number of benzene rings is 1. The molecule has 1 amide bonds. The molecule has 0 bridgehead atoms. The molecule has 5 heteroatoms. The van der Waals surface area contributed by atoms with Gasteiger partial charge in [-0.3, -0.25) is 14.7 Å². The first-order valence-electron chi connectivity index (χ1n) is 9.29. The Morgan fingerprint density at radius 3 is 2.81 bits per heavy atom. The highest BCUT2D eigenvalue weighted by molar-refractivity contribution is 5.95. The summed E-state index contributed by atoms with van der Waals surface area (Å²) in [6, 6.07) is 8.21. The van der Waals surface area contributed by atoms with Gasteiger partial charge in [0.15, 0.2) is 0 Å². The molecule has 0 spiro atoms.